The number of thioether (sulfide) groups is 1. The average molecular weight is 386 g/mol. The Balaban J connectivity index is 1.46. The maximum Gasteiger partial charge on any atom is 0.239 e. The van der Waals surface area contributed by atoms with Crippen molar-refractivity contribution in [3.8, 4) is 11.5 Å². The Morgan fingerprint density at radius 2 is 2.00 bits per heavy atom. The number of rotatable bonds is 5. The van der Waals surface area contributed by atoms with Gasteiger partial charge in [0.1, 0.15) is 13.2 Å². The third kappa shape index (κ3) is 3.50. The summed E-state index contributed by atoms with van der Waals surface area (Å²) in [4.78, 5) is 20.1. The summed E-state index contributed by atoms with van der Waals surface area (Å²) in [5.74, 6) is 1.90. The van der Waals surface area contributed by atoms with E-state index in [0.29, 0.717) is 25.5 Å². The van der Waals surface area contributed by atoms with Crippen molar-refractivity contribution in [2.45, 2.75) is 11.8 Å². The van der Waals surface area contributed by atoms with E-state index in [1.54, 1.807) is 16.2 Å². The Kier molecular flexibility index (Phi) is 4.99. The number of nitrogens with zero attached hydrogens (tertiary/aromatic N) is 2. The number of para-hydroxylation sites is 1. The molecule has 0 atom stereocenters. The highest BCUT2D eigenvalue weighted by molar-refractivity contribution is 8.00. The summed E-state index contributed by atoms with van der Waals surface area (Å²) in [5, 5.41) is 0.751. The second-order valence-corrected chi connectivity index (χ2v) is 7.75. The van der Waals surface area contributed by atoms with Gasteiger partial charge >= 0.3 is 0 Å². The number of hydrogen-bond acceptors (Lipinski definition) is 6. The molecule has 0 bridgehead atoms. The van der Waals surface area contributed by atoms with Crippen molar-refractivity contribution in [1.82, 2.24) is 4.98 Å². The van der Waals surface area contributed by atoms with Gasteiger partial charge in [0.2, 0.25) is 5.91 Å². The van der Waals surface area contributed by atoms with Crippen molar-refractivity contribution >= 4 is 44.4 Å². The highest BCUT2D eigenvalue weighted by Crippen LogP contribution is 2.34. The summed E-state index contributed by atoms with van der Waals surface area (Å²) in [6.07, 6.45) is 0. The molecule has 0 unspecified atom stereocenters. The molecule has 1 aromatic heterocycles. The van der Waals surface area contributed by atoms with E-state index in [2.05, 4.69) is 4.98 Å². The first-order chi connectivity index (χ1) is 12.7. The van der Waals surface area contributed by atoms with Crippen molar-refractivity contribution in [2.75, 3.05) is 30.4 Å². The first kappa shape index (κ1) is 17.2. The van der Waals surface area contributed by atoms with Gasteiger partial charge in [-0.15, -0.1) is 11.8 Å². The molecule has 26 heavy (non-hydrogen) atoms. The fourth-order valence-corrected chi connectivity index (χ4v) is 4.58. The molecule has 7 heteroatoms. The largest absolute Gasteiger partial charge is 0.486 e. The van der Waals surface area contributed by atoms with Crippen molar-refractivity contribution in [1.29, 1.82) is 0 Å². The smallest absolute Gasteiger partial charge is 0.239 e. The summed E-state index contributed by atoms with van der Waals surface area (Å²) < 4.78 is 12.2. The minimum absolute atomic E-state index is 0.0476. The molecule has 0 saturated heterocycles. The van der Waals surface area contributed by atoms with E-state index in [9.17, 15) is 4.79 Å². The zero-order valence-corrected chi connectivity index (χ0v) is 15.9. The number of hydrogen-bond donors (Lipinski definition) is 0. The number of anilines is 1. The molecule has 3 aromatic rings. The number of carbonyl (C=O) groups is 1. The molecule has 2 aromatic carbocycles. The van der Waals surface area contributed by atoms with Crippen LogP contribution in [0, 0.1) is 0 Å². The molecular formula is C19H18N2O3S2. The maximum absolute atomic E-state index is 12.7. The van der Waals surface area contributed by atoms with Crippen LogP contribution in [-0.2, 0) is 4.79 Å². The third-order valence-electron chi connectivity index (χ3n) is 4.01. The summed E-state index contributed by atoms with van der Waals surface area (Å²) >= 11 is 3.04. The molecule has 2 heterocycles. The van der Waals surface area contributed by atoms with Crippen LogP contribution in [0.15, 0.2) is 47.4 Å². The van der Waals surface area contributed by atoms with Crippen molar-refractivity contribution in [3.63, 3.8) is 0 Å². The first-order valence-corrected chi connectivity index (χ1v) is 10.2. The van der Waals surface area contributed by atoms with Crippen LogP contribution in [0.25, 0.3) is 10.2 Å². The SMILES string of the molecule is CCN(C(=O)CSc1ccc2c(c1)OCCO2)c1nc2ccccc2s1. The Hall–Kier alpha value is -2.25. The number of aromatic nitrogens is 1. The molecule has 5 nitrogen and oxygen atoms in total. The molecule has 0 N–H and O–H groups in total. The molecule has 1 aliphatic rings. The molecule has 1 amide bonds. The van der Waals surface area contributed by atoms with E-state index in [0.717, 1.165) is 31.7 Å². The zero-order chi connectivity index (χ0) is 17.9. The van der Waals surface area contributed by atoms with E-state index >= 15 is 0 Å². The molecule has 134 valence electrons. The second kappa shape index (κ2) is 7.55. The van der Waals surface area contributed by atoms with Gasteiger partial charge in [-0.2, -0.15) is 0 Å². The number of fused-ring (bicyclic) bond motifs is 2. The normalized spacial score (nSPS) is 13.0. The van der Waals surface area contributed by atoms with E-state index in [-0.39, 0.29) is 5.91 Å². The van der Waals surface area contributed by atoms with E-state index in [1.165, 1.54) is 11.8 Å². The summed E-state index contributed by atoms with van der Waals surface area (Å²) in [6, 6.07) is 13.7. The summed E-state index contributed by atoms with van der Waals surface area (Å²) in [6.45, 7) is 3.70. The van der Waals surface area contributed by atoms with Crippen LogP contribution in [0.5, 0.6) is 11.5 Å². The van der Waals surface area contributed by atoms with Gasteiger partial charge in [0.05, 0.1) is 16.0 Å². The number of thiazole rings is 1. The minimum Gasteiger partial charge on any atom is -0.486 e. The second-order valence-electron chi connectivity index (χ2n) is 5.70. The molecule has 0 radical (unpaired) electrons. The summed E-state index contributed by atoms with van der Waals surface area (Å²) in [5.41, 5.74) is 0.929. The Morgan fingerprint density at radius 3 is 2.81 bits per heavy atom. The van der Waals surface area contributed by atoms with Gasteiger partial charge in [-0.1, -0.05) is 23.5 Å². The van der Waals surface area contributed by atoms with Crippen molar-refractivity contribution < 1.29 is 14.3 Å². The predicted molar refractivity (Wildman–Crippen MR) is 106 cm³/mol. The lowest BCUT2D eigenvalue weighted by atomic mass is 10.3. The van der Waals surface area contributed by atoms with Crippen LogP contribution in [0.2, 0.25) is 0 Å². The zero-order valence-electron chi connectivity index (χ0n) is 14.3. The van der Waals surface area contributed by atoms with E-state index in [1.807, 2.05) is 49.4 Å². The number of ether oxygens (including phenoxy) is 2. The Bertz CT molecular complexity index is 908. The highest BCUT2D eigenvalue weighted by Gasteiger charge is 2.19. The molecule has 4 rings (SSSR count). The molecular weight excluding hydrogens is 368 g/mol. The van der Waals surface area contributed by atoms with Crippen LogP contribution in [-0.4, -0.2) is 36.4 Å². The van der Waals surface area contributed by atoms with Gasteiger partial charge in [0.15, 0.2) is 16.6 Å². The van der Waals surface area contributed by atoms with Crippen molar-refractivity contribution in [3.05, 3.63) is 42.5 Å². The number of amides is 1. The Labute approximate surface area is 159 Å². The quantitative estimate of drug-likeness (QED) is 0.615. The van der Waals surface area contributed by atoms with Gasteiger partial charge in [0, 0.05) is 11.4 Å². The van der Waals surface area contributed by atoms with Crippen molar-refractivity contribution in [2.24, 2.45) is 0 Å². The van der Waals surface area contributed by atoms with Crippen LogP contribution < -0.4 is 14.4 Å². The lowest BCUT2D eigenvalue weighted by Crippen LogP contribution is -2.32. The van der Waals surface area contributed by atoms with Gasteiger partial charge in [-0.25, -0.2) is 4.98 Å². The standard InChI is InChI=1S/C19H18N2O3S2/c1-2-21(19-20-14-5-3-4-6-17(14)26-19)18(22)12-25-13-7-8-15-16(11-13)24-10-9-23-15/h3-8,11H,2,9-10,12H2,1H3. The topological polar surface area (TPSA) is 51.7 Å². The Morgan fingerprint density at radius 1 is 1.19 bits per heavy atom. The monoisotopic (exact) mass is 386 g/mol. The summed E-state index contributed by atoms with van der Waals surface area (Å²) in [7, 11) is 0. The molecule has 0 spiro atoms. The lowest BCUT2D eigenvalue weighted by Gasteiger charge is -2.19. The lowest BCUT2D eigenvalue weighted by molar-refractivity contribution is -0.116. The fraction of sp³-hybridized carbons (Fsp3) is 0.263. The molecule has 0 saturated carbocycles. The van der Waals surface area contributed by atoms with Gasteiger partial charge in [-0.3, -0.25) is 9.69 Å². The number of benzene rings is 2. The number of carbonyl (C=O) groups excluding carboxylic acids is 1. The molecule has 1 aliphatic heterocycles. The van der Waals surface area contributed by atoms with Gasteiger partial charge in [-0.05, 0) is 37.3 Å². The van der Waals surface area contributed by atoms with E-state index in [4.69, 9.17) is 9.47 Å². The van der Waals surface area contributed by atoms with Crippen LogP contribution in [0.3, 0.4) is 0 Å². The molecule has 0 aliphatic carbocycles. The minimum atomic E-state index is 0.0476. The van der Waals surface area contributed by atoms with E-state index < -0.39 is 0 Å². The first-order valence-electron chi connectivity index (χ1n) is 8.43. The van der Waals surface area contributed by atoms with Gasteiger partial charge < -0.3 is 9.47 Å². The average Bonchev–Trinajstić information content (AvgIpc) is 3.10. The van der Waals surface area contributed by atoms with Crippen LogP contribution in [0.4, 0.5) is 5.13 Å². The maximum atomic E-state index is 12.7. The van der Waals surface area contributed by atoms with Gasteiger partial charge in [0.25, 0.3) is 0 Å². The highest BCUT2D eigenvalue weighted by atomic mass is 32.2. The third-order valence-corrected chi connectivity index (χ3v) is 6.04. The van der Waals surface area contributed by atoms with Crippen LogP contribution in [0.1, 0.15) is 6.92 Å². The predicted octanol–water partition coefficient (Wildman–Crippen LogP) is 4.21. The molecule has 0 fully saturated rings. The fourth-order valence-electron chi connectivity index (χ4n) is 2.73. The van der Waals surface area contributed by atoms with Crippen LogP contribution >= 0.6 is 23.1 Å².